The molecule has 0 radical (unpaired) electrons. The van der Waals surface area contributed by atoms with Crippen molar-refractivity contribution in [2.75, 3.05) is 6.61 Å². The third kappa shape index (κ3) is 5.41. The largest absolute Gasteiger partial charge is 0.492 e. The van der Waals surface area contributed by atoms with Gasteiger partial charge >= 0.3 is 0 Å². The van der Waals surface area contributed by atoms with E-state index in [4.69, 9.17) is 28.6 Å². The van der Waals surface area contributed by atoms with E-state index in [1.807, 2.05) is 67.7 Å². The molecule has 0 unspecified atom stereocenters. The number of amides is 2. The molecule has 5 rings (SSSR count). The van der Waals surface area contributed by atoms with Gasteiger partial charge in [-0.2, -0.15) is 5.01 Å². The van der Waals surface area contributed by atoms with Crippen LogP contribution in [0.5, 0.6) is 5.75 Å². The molecule has 2 amide bonds. The second kappa shape index (κ2) is 10.8. The number of nitrogens with zero attached hydrogens (tertiary/aromatic N) is 2. The zero-order valence-corrected chi connectivity index (χ0v) is 22.2. The van der Waals surface area contributed by atoms with Crippen molar-refractivity contribution in [2.24, 2.45) is 0 Å². The normalized spacial score (nSPS) is 14.5. The molecular formula is C28H22ClN3O3S2. The number of thiocarbonyl (C=S) groups is 1. The minimum atomic E-state index is -0.502. The Kier molecular flexibility index (Phi) is 7.32. The SMILES string of the molecule is Cc1ccc(C(=O)NN2C(=O)/C(=C/c3cn(CCOc4ccccc4)c4ccccc34)SC2=S)c(Cl)c1. The topological polar surface area (TPSA) is 63.6 Å². The lowest BCUT2D eigenvalue weighted by atomic mass is 10.1. The number of carbonyl (C=O) groups excluding carboxylic acids is 2. The highest BCUT2D eigenvalue weighted by Crippen LogP contribution is 2.34. The highest BCUT2D eigenvalue weighted by atomic mass is 35.5. The van der Waals surface area contributed by atoms with Crippen LogP contribution >= 0.6 is 35.6 Å². The summed E-state index contributed by atoms with van der Waals surface area (Å²) in [5.41, 5.74) is 5.70. The number of rotatable bonds is 7. The van der Waals surface area contributed by atoms with Gasteiger partial charge in [0.25, 0.3) is 11.8 Å². The molecule has 0 bridgehead atoms. The average molecular weight is 548 g/mol. The van der Waals surface area contributed by atoms with E-state index in [0.29, 0.717) is 23.1 Å². The van der Waals surface area contributed by atoms with Gasteiger partial charge in [0.1, 0.15) is 12.4 Å². The summed E-state index contributed by atoms with van der Waals surface area (Å²) in [6.07, 6.45) is 3.80. The summed E-state index contributed by atoms with van der Waals surface area (Å²) in [5, 5.41) is 2.41. The van der Waals surface area contributed by atoms with Crippen LogP contribution in [0.15, 0.2) is 83.9 Å². The fourth-order valence-electron chi connectivity index (χ4n) is 4.03. The third-order valence-electron chi connectivity index (χ3n) is 5.83. The lowest BCUT2D eigenvalue weighted by Crippen LogP contribution is -2.44. The number of aryl methyl sites for hydroxylation is 1. The zero-order valence-electron chi connectivity index (χ0n) is 19.8. The van der Waals surface area contributed by atoms with Crippen molar-refractivity contribution < 1.29 is 14.3 Å². The summed E-state index contributed by atoms with van der Waals surface area (Å²) in [6.45, 7) is 3.02. The van der Waals surface area contributed by atoms with E-state index in [2.05, 4.69) is 9.99 Å². The van der Waals surface area contributed by atoms with Gasteiger partial charge in [-0.15, -0.1) is 0 Å². The van der Waals surface area contributed by atoms with Gasteiger partial charge in [0.15, 0.2) is 4.32 Å². The maximum absolute atomic E-state index is 13.2. The van der Waals surface area contributed by atoms with E-state index in [1.165, 1.54) is 0 Å². The van der Waals surface area contributed by atoms with Crippen molar-refractivity contribution in [1.82, 2.24) is 15.0 Å². The van der Waals surface area contributed by atoms with Crippen LogP contribution in [0.1, 0.15) is 21.5 Å². The molecular weight excluding hydrogens is 526 g/mol. The number of carbonyl (C=O) groups is 2. The fraction of sp³-hybridized carbons (Fsp3) is 0.107. The predicted octanol–water partition coefficient (Wildman–Crippen LogP) is 6.23. The number of hydrazine groups is 1. The molecule has 0 spiro atoms. The van der Waals surface area contributed by atoms with Crippen LogP contribution in [-0.2, 0) is 11.3 Å². The minimum absolute atomic E-state index is 0.243. The summed E-state index contributed by atoms with van der Waals surface area (Å²) >= 11 is 12.8. The Hall–Kier alpha value is -3.59. The number of halogens is 1. The van der Waals surface area contributed by atoms with Crippen LogP contribution in [-0.4, -0.2) is 32.3 Å². The van der Waals surface area contributed by atoms with Crippen molar-refractivity contribution in [2.45, 2.75) is 13.5 Å². The highest BCUT2D eigenvalue weighted by Gasteiger charge is 2.34. The predicted molar refractivity (Wildman–Crippen MR) is 153 cm³/mol. The lowest BCUT2D eigenvalue weighted by Gasteiger charge is -2.16. The van der Waals surface area contributed by atoms with E-state index >= 15 is 0 Å². The van der Waals surface area contributed by atoms with Gasteiger partial charge < -0.3 is 9.30 Å². The Morgan fingerprint density at radius 3 is 2.65 bits per heavy atom. The Morgan fingerprint density at radius 1 is 1.11 bits per heavy atom. The first-order valence-corrected chi connectivity index (χ1v) is 13.1. The molecule has 1 aromatic heterocycles. The molecule has 37 heavy (non-hydrogen) atoms. The third-order valence-corrected chi connectivity index (χ3v) is 7.44. The number of hydrogen-bond donors (Lipinski definition) is 1. The number of aromatic nitrogens is 1. The molecule has 6 nitrogen and oxygen atoms in total. The molecule has 1 N–H and O–H groups in total. The second-order valence-corrected chi connectivity index (χ2v) is 10.5. The first-order valence-electron chi connectivity index (χ1n) is 11.5. The first kappa shape index (κ1) is 25.1. The Bertz CT molecular complexity index is 1550. The summed E-state index contributed by atoms with van der Waals surface area (Å²) in [7, 11) is 0. The summed E-state index contributed by atoms with van der Waals surface area (Å²) in [6, 6.07) is 22.8. The molecule has 3 aromatic carbocycles. The van der Waals surface area contributed by atoms with E-state index in [-0.39, 0.29) is 9.88 Å². The molecule has 0 aliphatic carbocycles. The molecule has 4 aromatic rings. The minimum Gasteiger partial charge on any atom is -0.492 e. The number of para-hydroxylation sites is 2. The maximum Gasteiger partial charge on any atom is 0.285 e. The summed E-state index contributed by atoms with van der Waals surface area (Å²) in [5.74, 6) is -0.0785. The van der Waals surface area contributed by atoms with Crippen molar-refractivity contribution in [1.29, 1.82) is 0 Å². The highest BCUT2D eigenvalue weighted by molar-refractivity contribution is 8.26. The molecule has 1 aliphatic rings. The molecule has 1 fully saturated rings. The van der Waals surface area contributed by atoms with Gasteiger partial charge in [-0.05, 0) is 61.1 Å². The number of benzene rings is 3. The van der Waals surface area contributed by atoms with Crippen LogP contribution in [0.3, 0.4) is 0 Å². The molecule has 9 heteroatoms. The maximum atomic E-state index is 13.2. The van der Waals surface area contributed by atoms with E-state index in [9.17, 15) is 9.59 Å². The molecule has 0 saturated carbocycles. The number of thioether (sulfide) groups is 1. The average Bonchev–Trinajstić information content (AvgIpc) is 3.36. The second-order valence-electron chi connectivity index (χ2n) is 8.40. The molecule has 186 valence electrons. The van der Waals surface area contributed by atoms with Crippen LogP contribution in [0, 0.1) is 6.92 Å². The number of nitrogens with one attached hydrogen (secondary N) is 1. The summed E-state index contributed by atoms with van der Waals surface area (Å²) < 4.78 is 8.21. The van der Waals surface area contributed by atoms with Gasteiger partial charge in [-0.3, -0.25) is 15.0 Å². The first-order chi connectivity index (χ1) is 17.9. The van der Waals surface area contributed by atoms with E-state index < -0.39 is 11.8 Å². The number of hydrogen-bond acceptors (Lipinski definition) is 5. The van der Waals surface area contributed by atoms with Crippen LogP contribution in [0.25, 0.3) is 17.0 Å². The summed E-state index contributed by atoms with van der Waals surface area (Å²) in [4.78, 5) is 26.4. The monoisotopic (exact) mass is 547 g/mol. The van der Waals surface area contributed by atoms with Gasteiger partial charge in [-0.25, -0.2) is 0 Å². The molecule has 2 heterocycles. The zero-order chi connectivity index (χ0) is 25.9. The van der Waals surface area contributed by atoms with Gasteiger partial charge in [0.05, 0.1) is 22.0 Å². The van der Waals surface area contributed by atoms with Crippen molar-refractivity contribution in [3.8, 4) is 5.75 Å². The van der Waals surface area contributed by atoms with Crippen molar-refractivity contribution >= 4 is 68.7 Å². The molecule has 1 aliphatic heterocycles. The van der Waals surface area contributed by atoms with Gasteiger partial charge in [0.2, 0.25) is 0 Å². The van der Waals surface area contributed by atoms with E-state index in [0.717, 1.165) is 44.6 Å². The quantitative estimate of drug-likeness (QED) is 0.219. The number of fused-ring (bicyclic) bond motifs is 1. The smallest absolute Gasteiger partial charge is 0.285 e. The standard InChI is InChI=1S/C28H22ClN3O3S2/c1-18-11-12-22(23(29)15-18)26(33)30-32-27(34)25(37-28(32)36)16-19-17-31(24-10-6-5-9-21(19)24)13-14-35-20-7-3-2-4-8-20/h2-12,15-17H,13-14H2,1H3,(H,30,33)/b25-16-. The molecule has 1 saturated heterocycles. The lowest BCUT2D eigenvalue weighted by molar-refractivity contribution is -0.123. The van der Waals surface area contributed by atoms with E-state index in [1.54, 1.807) is 24.3 Å². The van der Waals surface area contributed by atoms with Crippen LogP contribution in [0.4, 0.5) is 0 Å². The Morgan fingerprint density at radius 2 is 1.86 bits per heavy atom. The van der Waals surface area contributed by atoms with Gasteiger partial charge in [-0.1, -0.05) is 65.8 Å². The van der Waals surface area contributed by atoms with Crippen molar-refractivity contribution in [3.63, 3.8) is 0 Å². The van der Waals surface area contributed by atoms with Crippen LogP contribution < -0.4 is 10.2 Å². The number of ether oxygens (including phenoxy) is 1. The fourth-order valence-corrected chi connectivity index (χ4v) is 5.52. The Labute approximate surface area is 228 Å². The van der Waals surface area contributed by atoms with Gasteiger partial charge in [0, 0.05) is 22.7 Å². The molecule has 0 atom stereocenters. The van der Waals surface area contributed by atoms with Crippen molar-refractivity contribution in [3.05, 3.63) is 106 Å². The van der Waals surface area contributed by atoms with Crippen LogP contribution in [0.2, 0.25) is 5.02 Å². The Balaban J connectivity index is 1.35.